The molecular weight excluding hydrogens is 270 g/mol. The number of thioether (sulfide) groups is 1. The number of nitrogens with one attached hydrogen (secondary N) is 1. The molecule has 0 spiro atoms. The number of benzene rings is 1. The van der Waals surface area contributed by atoms with Crippen molar-refractivity contribution in [2.24, 2.45) is 0 Å². The van der Waals surface area contributed by atoms with Crippen LogP contribution in [-0.4, -0.2) is 16.6 Å². The highest BCUT2D eigenvalue weighted by Crippen LogP contribution is 2.20. The quantitative estimate of drug-likeness (QED) is 0.875. The third-order valence-electron chi connectivity index (χ3n) is 2.21. The van der Waals surface area contributed by atoms with Crippen molar-refractivity contribution in [1.29, 1.82) is 0 Å². The van der Waals surface area contributed by atoms with Crippen molar-refractivity contribution < 1.29 is 13.6 Å². The first kappa shape index (κ1) is 13.5. The van der Waals surface area contributed by atoms with Crippen LogP contribution in [0.4, 0.5) is 14.5 Å². The molecule has 1 heterocycles. The number of pyridine rings is 1. The summed E-state index contributed by atoms with van der Waals surface area (Å²) in [6, 6.07) is 6.96. The third kappa shape index (κ3) is 4.03. The molecule has 1 amide bonds. The molecule has 0 unspecified atom stereocenters. The maximum atomic E-state index is 13.0. The van der Waals surface area contributed by atoms with Crippen molar-refractivity contribution in [2.75, 3.05) is 11.1 Å². The molecule has 0 aliphatic carbocycles. The van der Waals surface area contributed by atoms with Gasteiger partial charge in [0, 0.05) is 11.1 Å². The minimum Gasteiger partial charge on any atom is -0.324 e. The lowest BCUT2D eigenvalue weighted by atomic mass is 10.3. The lowest BCUT2D eigenvalue weighted by molar-refractivity contribution is -0.113. The van der Waals surface area contributed by atoms with E-state index in [2.05, 4.69) is 10.3 Å². The van der Waals surface area contributed by atoms with Crippen LogP contribution < -0.4 is 5.32 Å². The molecule has 0 saturated heterocycles. The summed E-state index contributed by atoms with van der Waals surface area (Å²) in [5, 5.41) is 2.65. The van der Waals surface area contributed by atoms with Crippen molar-refractivity contribution in [3.05, 3.63) is 54.4 Å². The standard InChI is InChI=1S/C13H10F2N2OS/c14-11-4-3-10(6-12(11)15)19-8-13(18)17-9-2-1-5-16-7-9/h1-7H,8H2,(H,17,18). The number of rotatable bonds is 4. The van der Waals surface area contributed by atoms with E-state index < -0.39 is 11.6 Å². The van der Waals surface area contributed by atoms with Gasteiger partial charge in [0.1, 0.15) is 0 Å². The van der Waals surface area contributed by atoms with Crippen LogP contribution in [0, 0.1) is 11.6 Å². The molecule has 0 aliphatic heterocycles. The van der Waals surface area contributed by atoms with Crippen molar-refractivity contribution in [2.45, 2.75) is 4.90 Å². The van der Waals surface area contributed by atoms with E-state index in [1.807, 2.05) is 0 Å². The number of carbonyl (C=O) groups is 1. The zero-order valence-electron chi connectivity index (χ0n) is 9.77. The molecule has 3 nitrogen and oxygen atoms in total. The number of nitrogens with zero attached hydrogens (tertiary/aromatic N) is 1. The summed E-state index contributed by atoms with van der Waals surface area (Å²) in [6.07, 6.45) is 3.13. The Morgan fingerprint density at radius 1 is 1.26 bits per heavy atom. The molecule has 6 heteroatoms. The fourth-order valence-corrected chi connectivity index (χ4v) is 2.07. The van der Waals surface area contributed by atoms with Crippen molar-refractivity contribution in [3.63, 3.8) is 0 Å². The molecule has 0 bridgehead atoms. The first-order valence-electron chi connectivity index (χ1n) is 5.43. The molecule has 0 aliphatic rings. The number of anilines is 1. The van der Waals surface area contributed by atoms with Gasteiger partial charge in [-0.1, -0.05) is 0 Å². The Bertz CT molecular complexity index is 578. The van der Waals surface area contributed by atoms with E-state index in [0.29, 0.717) is 10.6 Å². The highest BCUT2D eigenvalue weighted by Gasteiger charge is 2.06. The van der Waals surface area contributed by atoms with Gasteiger partial charge >= 0.3 is 0 Å². The smallest absolute Gasteiger partial charge is 0.234 e. The van der Waals surface area contributed by atoms with Gasteiger partial charge < -0.3 is 5.32 Å². The predicted molar refractivity (Wildman–Crippen MR) is 69.9 cm³/mol. The van der Waals surface area contributed by atoms with Crippen LogP contribution in [0.1, 0.15) is 0 Å². The summed E-state index contributed by atoms with van der Waals surface area (Å²) >= 11 is 1.13. The summed E-state index contributed by atoms with van der Waals surface area (Å²) in [4.78, 5) is 16.0. The fourth-order valence-electron chi connectivity index (χ4n) is 1.35. The van der Waals surface area contributed by atoms with Gasteiger partial charge in [-0.2, -0.15) is 0 Å². The van der Waals surface area contributed by atoms with Crippen molar-refractivity contribution in [3.8, 4) is 0 Å². The van der Waals surface area contributed by atoms with Crippen LogP contribution in [0.2, 0.25) is 0 Å². The largest absolute Gasteiger partial charge is 0.324 e. The number of hydrogen-bond acceptors (Lipinski definition) is 3. The van der Waals surface area contributed by atoms with Crippen LogP contribution in [0.15, 0.2) is 47.6 Å². The third-order valence-corrected chi connectivity index (χ3v) is 3.20. The molecule has 2 aromatic rings. The summed E-state index contributed by atoms with van der Waals surface area (Å²) in [5.41, 5.74) is 0.596. The fraction of sp³-hybridized carbons (Fsp3) is 0.0769. The maximum Gasteiger partial charge on any atom is 0.234 e. The Labute approximate surface area is 113 Å². The number of hydrogen-bond donors (Lipinski definition) is 1. The van der Waals surface area contributed by atoms with Crippen LogP contribution in [0.3, 0.4) is 0 Å². The highest BCUT2D eigenvalue weighted by atomic mass is 32.2. The molecule has 98 valence electrons. The van der Waals surface area contributed by atoms with Gasteiger partial charge in [-0.25, -0.2) is 8.78 Å². The zero-order valence-corrected chi connectivity index (χ0v) is 10.6. The Morgan fingerprint density at radius 3 is 2.79 bits per heavy atom. The molecule has 19 heavy (non-hydrogen) atoms. The van der Waals surface area contributed by atoms with Gasteiger partial charge in [-0.3, -0.25) is 9.78 Å². The Balaban J connectivity index is 1.88. The van der Waals surface area contributed by atoms with Gasteiger partial charge in [-0.15, -0.1) is 11.8 Å². The molecular formula is C13H10F2N2OS. The number of carbonyl (C=O) groups excluding carboxylic acids is 1. The van der Waals surface area contributed by atoms with Gasteiger partial charge in [0.05, 0.1) is 17.6 Å². The molecule has 1 aromatic carbocycles. The molecule has 0 fully saturated rings. The van der Waals surface area contributed by atoms with E-state index in [-0.39, 0.29) is 11.7 Å². The minimum atomic E-state index is -0.919. The first-order chi connectivity index (χ1) is 9.15. The summed E-state index contributed by atoms with van der Waals surface area (Å²) < 4.78 is 25.7. The number of aromatic nitrogens is 1. The average Bonchev–Trinajstić information content (AvgIpc) is 2.41. The average molecular weight is 280 g/mol. The van der Waals surface area contributed by atoms with Gasteiger partial charge in [0.15, 0.2) is 11.6 Å². The summed E-state index contributed by atoms with van der Waals surface area (Å²) in [7, 11) is 0. The van der Waals surface area contributed by atoms with E-state index in [1.54, 1.807) is 18.3 Å². The topological polar surface area (TPSA) is 42.0 Å². The Hall–Kier alpha value is -1.95. The molecule has 0 atom stereocenters. The Kier molecular flexibility index (Phi) is 4.46. The monoisotopic (exact) mass is 280 g/mol. The molecule has 0 saturated carbocycles. The van der Waals surface area contributed by atoms with Crippen LogP contribution in [0.5, 0.6) is 0 Å². The predicted octanol–water partition coefficient (Wildman–Crippen LogP) is 3.09. The highest BCUT2D eigenvalue weighted by molar-refractivity contribution is 8.00. The van der Waals surface area contributed by atoms with Gasteiger partial charge in [0.25, 0.3) is 0 Å². The minimum absolute atomic E-state index is 0.111. The van der Waals surface area contributed by atoms with Crippen molar-refractivity contribution in [1.82, 2.24) is 4.98 Å². The van der Waals surface area contributed by atoms with E-state index in [4.69, 9.17) is 0 Å². The second-order valence-electron chi connectivity index (χ2n) is 3.65. The maximum absolute atomic E-state index is 13.0. The Morgan fingerprint density at radius 2 is 2.11 bits per heavy atom. The zero-order chi connectivity index (χ0) is 13.7. The molecule has 0 radical (unpaired) electrons. The summed E-state index contributed by atoms with van der Waals surface area (Å²) in [6.45, 7) is 0. The van der Waals surface area contributed by atoms with Crippen LogP contribution >= 0.6 is 11.8 Å². The molecule has 2 rings (SSSR count). The molecule has 1 N–H and O–H groups in total. The van der Waals surface area contributed by atoms with E-state index in [0.717, 1.165) is 23.9 Å². The van der Waals surface area contributed by atoms with Gasteiger partial charge in [-0.05, 0) is 30.3 Å². The van der Waals surface area contributed by atoms with E-state index in [9.17, 15) is 13.6 Å². The van der Waals surface area contributed by atoms with E-state index in [1.165, 1.54) is 12.3 Å². The lowest BCUT2D eigenvalue weighted by Gasteiger charge is -2.04. The second-order valence-corrected chi connectivity index (χ2v) is 4.70. The van der Waals surface area contributed by atoms with Gasteiger partial charge in [0.2, 0.25) is 5.91 Å². The number of amides is 1. The second kappa shape index (κ2) is 6.29. The first-order valence-corrected chi connectivity index (χ1v) is 6.41. The van der Waals surface area contributed by atoms with E-state index >= 15 is 0 Å². The normalized spacial score (nSPS) is 10.2. The van der Waals surface area contributed by atoms with Crippen molar-refractivity contribution >= 4 is 23.4 Å². The number of halogens is 2. The van der Waals surface area contributed by atoms with Crippen LogP contribution in [0.25, 0.3) is 0 Å². The molecule has 1 aromatic heterocycles. The lowest BCUT2D eigenvalue weighted by Crippen LogP contribution is -2.14. The SMILES string of the molecule is O=C(CSc1ccc(F)c(F)c1)Nc1cccnc1. The summed E-state index contributed by atoms with van der Waals surface area (Å²) in [5.74, 6) is -1.94. The van der Waals surface area contributed by atoms with Crippen LogP contribution in [-0.2, 0) is 4.79 Å².